The maximum absolute atomic E-state index is 13.3. The molecule has 0 aliphatic heterocycles. The van der Waals surface area contributed by atoms with Crippen molar-refractivity contribution in [2.24, 2.45) is 0 Å². The number of methoxy groups -OCH3 is 1. The van der Waals surface area contributed by atoms with Crippen molar-refractivity contribution >= 4 is 12.1 Å². The van der Waals surface area contributed by atoms with E-state index in [1.165, 1.54) is 18.3 Å². The molecule has 2 aromatic heterocycles. The summed E-state index contributed by atoms with van der Waals surface area (Å²) in [4.78, 5) is 13.2. The van der Waals surface area contributed by atoms with Crippen molar-refractivity contribution < 1.29 is 14.2 Å². The first kappa shape index (κ1) is 18.5. The summed E-state index contributed by atoms with van der Waals surface area (Å²) in [6.07, 6.45) is 5.57. The second kappa shape index (κ2) is 8.41. The van der Waals surface area contributed by atoms with Crippen molar-refractivity contribution in [3.8, 4) is 22.6 Å². The maximum atomic E-state index is 13.3. The number of aromatic nitrogens is 4. The molecule has 0 radical (unpaired) electrons. The second-order valence-corrected chi connectivity index (χ2v) is 5.92. The predicted octanol–water partition coefficient (Wildman–Crippen LogP) is 3.58. The minimum absolute atomic E-state index is 0.0315. The largest absolute Gasteiger partial charge is 0.514 e. The third-order valence-electron chi connectivity index (χ3n) is 3.83. The van der Waals surface area contributed by atoms with Gasteiger partial charge in [-0.2, -0.15) is 0 Å². The van der Waals surface area contributed by atoms with Gasteiger partial charge in [0.25, 0.3) is 0 Å². The predicted molar refractivity (Wildman–Crippen MR) is 102 cm³/mol. The van der Waals surface area contributed by atoms with Gasteiger partial charge in [-0.1, -0.05) is 0 Å². The van der Waals surface area contributed by atoms with E-state index < -0.39 is 0 Å². The maximum Gasteiger partial charge on any atom is 0.223 e. The lowest BCUT2D eigenvalue weighted by atomic mass is 10.1. The fourth-order valence-electron chi connectivity index (χ4n) is 2.69. The summed E-state index contributed by atoms with van der Waals surface area (Å²) < 4.78 is 20.0. The van der Waals surface area contributed by atoms with E-state index in [4.69, 9.17) is 4.74 Å². The molecule has 0 saturated heterocycles. The van der Waals surface area contributed by atoms with Crippen LogP contribution in [0.1, 0.15) is 6.92 Å². The van der Waals surface area contributed by atoms with Gasteiger partial charge in [-0.25, -0.2) is 19.3 Å². The van der Waals surface area contributed by atoms with E-state index in [0.29, 0.717) is 29.6 Å². The van der Waals surface area contributed by atoms with Gasteiger partial charge in [-0.3, -0.25) is 0 Å². The molecular weight excluding hydrogens is 349 g/mol. The normalized spacial score (nSPS) is 12.4. The van der Waals surface area contributed by atoms with Gasteiger partial charge < -0.3 is 19.7 Å². The minimum Gasteiger partial charge on any atom is -0.514 e. The minimum atomic E-state index is -0.323. The van der Waals surface area contributed by atoms with Gasteiger partial charge in [0.05, 0.1) is 30.0 Å². The van der Waals surface area contributed by atoms with Gasteiger partial charge in [-0.05, 0) is 37.3 Å². The van der Waals surface area contributed by atoms with Crippen LogP contribution in [0.15, 0.2) is 49.1 Å². The van der Waals surface area contributed by atoms with Crippen molar-refractivity contribution in [2.75, 3.05) is 19.0 Å². The number of ether oxygens (including phenoxy) is 1. The smallest absolute Gasteiger partial charge is 0.223 e. The summed E-state index contributed by atoms with van der Waals surface area (Å²) in [6, 6.07) is 7.82. The molecule has 2 N–H and O–H groups in total. The first-order valence-electron chi connectivity index (χ1n) is 8.35. The molecule has 0 spiro atoms. The van der Waals surface area contributed by atoms with Crippen LogP contribution in [0, 0.1) is 5.82 Å². The summed E-state index contributed by atoms with van der Waals surface area (Å²) in [6.45, 7) is 2.47. The number of benzene rings is 1. The van der Waals surface area contributed by atoms with Crippen molar-refractivity contribution in [1.82, 2.24) is 19.5 Å². The molecule has 0 aliphatic carbocycles. The Balaban J connectivity index is 2.04. The van der Waals surface area contributed by atoms with Gasteiger partial charge in [0.1, 0.15) is 12.1 Å². The number of halogens is 1. The highest BCUT2D eigenvalue weighted by molar-refractivity contribution is 5.78. The number of imidazole rings is 1. The Morgan fingerprint density at radius 1 is 1.26 bits per heavy atom. The fourth-order valence-corrected chi connectivity index (χ4v) is 2.69. The number of anilines is 1. The van der Waals surface area contributed by atoms with E-state index in [0.717, 1.165) is 11.8 Å². The Hall–Kier alpha value is -3.26. The Labute approximate surface area is 156 Å². The van der Waals surface area contributed by atoms with Crippen molar-refractivity contribution in [2.45, 2.75) is 13.0 Å². The first-order chi connectivity index (χ1) is 13.1. The molecule has 140 valence electrons. The Bertz CT molecular complexity index is 924. The first-order valence-corrected chi connectivity index (χ1v) is 8.35. The van der Waals surface area contributed by atoms with Gasteiger partial charge in [-0.15, -0.1) is 0 Å². The van der Waals surface area contributed by atoms with Gasteiger partial charge in [0.2, 0.25) is 5.95 Å². The molecule has 2 heterocycles. The van der Waals surface area contributed by atoms with Crippen LogP contribution >= 0.6 is 0 Å². The molecule has 1 aromatic carbocycles. The number of aliphatic hydroxyl groups excluding tert-OH is 1. The fraction of sp³-hybridized carbons (Fsp3) is 0.211. The molecule has 27 heavy (non-hydrogen) atoms. The second-order valence-electron chi connectivity index (χ2n) is 5.92. The molecule has 0 aliphatic rings. The summed E-state index contributed by atoms with van der Waals surface area (Å²) in [7, 11) is 1.63. The van der Waals surface area contributed by atoms with Crippen LogP contribution in [0.3, 0.4) is 0 Å². The zero-order valence-corrected chi connectivity index (χ0v) is 15.0. The van der Waals surface area contributed by atoms with Crippen molar-refractivity contribution in [3.05, 3.63) is 54.9 Å². The Morgan fingerprint density at radius 3 is 2.74 bits per heavy atom. The van der Waals surface area contributed by atoms with Crippen LogP contribution in [0.2, 0.25) is 0 Å². The number of aliphatic hydroxyl groups is 1. The lowest BCUT2D eigenvalue weighted by Gasteiger charge is -2.13. The highest BCUT2D eigenvalue weighted by Crippen LogP contribution is 2.30. The van der Waals surface area contributed by atoms with Crippen LogP contribution in [0.25, 0.3) is 28.8 Å². The van der Waals surface area contributed by atoms with Crippen LogP contribution < -0.4 is 5.32 Å². The van der Waals surface area contributed by atoms with E-state index in [1.807, 2.05) is 6.92 Å². The molecule has 8 heteroatoms. The topological polar surface area (TPSA) is 85.1 Å². The number of rotatable bonds is 7. The van der Waals surface area contributed by atoms with Crippen LogP contribution in [-0.4, -0.2) is 44.4 Å². The van der Waals surface area contributed by atoms with Gasteiger partial charge in [0.15, 0.2) is 0 Å². The van der Waals surface area contributed by atoms with E-state index in [1.54, 1.807) is 42.4 Å². The monoisotopic (exact) mass is 369 g/mol. The molecular formula is C19H20FN5O2. The molecule has 0 amide bonds. The number of hydrogen-bond acceptors (Lipinski definition) is 6. The number of nitrogens with zero attached hydrogens (tertiary/aromatic N) is 4. The summed E-state index contributed by atoms with van der Waals surface area (Å²) in [5.41, 5.74) is 2.60. The quantitative estimate of drug-likeness (QED) is 0.619. The molecule has 0 unspecified atom stereocenters. The van der Waals surface area contributed by atoms with E-state index >= 15 is 0 Å². The molecule has 3 rings (SSSR count). The van der Waals surface area contributed by atoms with Crippen LogP contribution in [0.5, 0.6) is 0 Å². The Kier molecular flexibility index (Phi) is 5.77. The average Bonchev–Trinajstić information content (AvgIpc) is 3.07. The lowest BCUT2D eigenvalue weighted by molar-refractivity contribution is 0.190. The molecule has 7 nitrogen and oxygen atoms in total. The zero-order chi connectivity index (χ0) is 19.2. The standard InChI is InChI=1S/C19H20FN5O2/c1-13(11-27-2)23-19-21-8-7-16(24-19)18-17(22-12-25(18)9-10-26)14-3-5-15(20)6-4-14/h3-10,12-13,26H,11H2,1-2H3,(H,21,23,24)/b10-9-/t13-/m0/s1. The lowest BCUT2D eigenvalue weighted by Crippen LogP contribution is -2.22. The molecule has 0 bridgehead atoms. The Morgan fingerprint density at radius 2 is 2.04 bits per heavy atom. The summed E-state index contributed by atoms with van der Waals surface area (Å²) in [5, 5.41) is 12.4. The molecule has 0 fully saturated rings. The van der Waals surface area contributed by atoms with Crippen LogP contribution in [-0.2, 0) is 4.74 Å². The van der Waals surface area contributed by atoms with E-state index in [2.05, 4.69) is 20.3 Å². The zero-order valence-electron chi connectivity index (χ0n) is 15.0. The average molecular weight is 369 g/mol. The molecule has 3 aromatic rings. The highest BCUT2D eigenvalue weighted by Gasteiger charge is 2.16. The van der Waals surface area contributed by atoms with Crippen LogP contribution in [0.4, 0.5) is 10.3 Å². The van der Waals surface area contributed by atoms with E-state index in [9.17, 15) is 9.50 Å². The highest BCUT2D eigenvalue weighted by atomic mass is 19.1. The third kappa shape index (κ3) is 4.29. The SMILES string of the molecule is COC[C@H](C)Nc1nccc(-c2c(-c3ccc(F)cc3)ncn2/C=C\O)n1. The summed E-state index contributed by atoms with van der Waals surface area (Å²) in [5.74, 6) is 0.124. The number of hydrogen-bond donors (Lipinski definition) is 2. The number of nitrogens with one attached hydrogen (secondary N) is 1. The van der Waals surface area contributed by atoms with Crippen molar-refractivity contribution in [1.29, 1.82) is 0 Å². The molecule has 1 atom stereocenters. The van der Waals surface area contributed by atoms with Gasteiger partial charge >= 0.3 is 0 Å². The van der Waals surface area contributed by atoms with Crippen molar-refractivity contribution in [3.63, 3.8) is 0 Å². The third-order valence-corrected chi connectivity index (χ3v) is 3.83. The van der Waals surface area contributed by atoms with Gasteiger partial charge in [0, 0.05) is 31.1 Å². The van der Waals surface area contributed by atoms with E-state index in [-0.39, 0.29) is 11.9 Å². The summed E-state index contributed by atoms with van der Waals surface area (Å²) >= 11 is 0. The molecule has 0 saturated carbocycles.